The molecular formula is C18H22N4O2. The van der Waals surface area contributed by atoms with E-state index in [0.29, 0.717) is 11.4 Å². The fraction of sp³-hybridized carbons (Fsp3) is 0.222. The molecule has 0 bridgehead atoms. The number of carbonyl (C=O) groups is 2. The lowest BCUT2D eigenvalue weighted by atomic mass is 10.2. The predicted molar refractivity (Wildman–Crippen MR) is 98.8 cm³/mol. The van der Waals surface area contributed by atoms with E-state index < -0.39 is 0 Å². The van der Waals surface area contributed by atoms with E-state index in [1.54, 1.807) is 24.3 Å². The third-order valence-corrected chi connectivity index (χ3v) is 3.50. The molecule has 3 N–H and O–H groups in total. The van der Waals surface area contributed by atoms with Gasteiger partial charge in [0.2, 0.25) is 5.91 Å². The summed E-state index contributed by atoms with van der Waals surface area (Å²) >= 11 is 0. The number of rotatable bonds is 5. The second-order valence-electron chi connectivity index (χ2n) is 5.37. The summed E-state index contributed by atoms with van der Waals surface area (Å²) < 4.78 is 0. The smallest absolute Gasteiger partial charge is 0.323 e. The third-order valence-electron chi connectivity index (χ3n) is 3.50. The summed E-state index contributed by atoms with van der Waals surface area (Å²) in [5.74, 6) is -0.134. The SMILES string of the molecule is CCN(C)c1ccccc1NC(=O)Nc1ccc(NC(C)=O)cc1. The Bertz CT molecular complexity index is 713. The monoisotopic (exact) mass is 326 g/mol. The highest BCUT2D eigenvalue weighted by Gasteiger charge is 2.09. The molecule has 24 heavy (non-hydrogen) atoms. The molecule has 0 saturated heterocycles. The van der Waals surface area contributed by atoms with Crippen molar-refractivity contribution in [2.45, 2.75) is 13.8 Å². The first-order chi connectivity index (χ1) is 11.5. The van der Waals surface area contributed by atoms with Crippen LogP contribution >= 0.6 is 0 Å². The van der Waals surface area contributed by atoms with Gasteiger partial charge in [-0.05, 0) is 43.3 Å². The van der Waals surface area contributed by atoms with Crippen LogP contribution in [0.1, 0.15) is 13.8 Å². The number of nitrogens with one attached hydrogen (secondary N) is 3. The Morgan fingerprint density at radius 3 is 2.08 bits per heavy atom. The molecule has 0 spiro atoms. The molecule has 2 rings (SSSR count). The van der Waals surface area contributed by atoms with Crippen molar-refractivity contribution >= 4 is 34.7 Å². The Balaban J connectivity index is 2.02. The van der Waals surface area contributed by atoms with Gasteiger partial charge in [-0.1, -0.05) is 12.1 Å². The third kappa shape index (κ3) is 4.74. The van der Waals surface area contributed by atoms with Crippen LogP contribution in [-0.2, 0) is 4.79 Å². The lowest BCUT2D eigenvalue weighted by Crippen LogP contribution is -2.23. The molecule has 0 aliphatic carbocycles. The maximum Gasteiger partial charge on any atom is 0.323 e. The minimum atomic E-state index is -0.320. The molecule has 3 amide bonds. The predicted octanol–water partition coefficient (Wildman–Crippen LogP) is 3.75. The normalized spacial score (nSPS) is 9.96. The van der Waals surface area contributed by atoms with Gasteiger partial charge in [0.15, 0.2) is 0 Å². The van der Waals surface area contributed by atoms with Crippen molar-refractivity contribution in [1.82, 2.24) is 0 Å². The fourth-order valence-corrected chi connectivity index (χ4v) is 2.21. The molecule has 126 valence electrons. The van der Waals surface area contributed by atoms with Crippen LogP contribution in [0.3, 0.4) is 0 Å². The van der Waals surface area contributed by atoms with Gasteiger partial charge in [-0.15, -0.1) is 0 Å². The number of urea groups is 1. The molecule has 0 unspecified atom stereocenters. The van der Waals surface area contributed by atoms with Crippen LogP contribution in [0.15, 0.2) is 48.5 Å². The van der Waals surface area contributed by atoms with E-state index in [1.165, 1.54) is 6.92 Å². The molecule has 0 aromatic heterocycles. The maximum absolute atomic E-state index is 12.2. The van der Waals surface area contributed by atoms with Gasteiger partial charge in [-0.25, -0.2) is 4.79 Å². The van der Waals surface area contributed by atoms with Gasteiger partial charge < -0.3 is 20.9 Å². The zero-order chi connectivity index (χ0) is 17.5. The number of hydrogen-bond acceptors (Lipinski definition) is 3. The number of nitrogens with zero attached hydrogens (tertiary/aromatic N) is 1. The van der Waals surface area contributed by atoms with Crippen LogP contribution in [0.2, 0.25) is 0 Å². The molecule has 2 aromatic carbocycles. The number of benzene rings is 2. The molecule has 0 saturated carbocycles. The minimum absolute atomic E-state index is 0.134. The van der Waals surface area contributed by atoms with E-state index in [-0.39, 0.29) is 11.9 Å². The van der Waals surface area contributed by atoms with Crippen molar-refractivity contribution in [2.75, 3.05) is 34.4 Å². The minimum Gasteiger partial charge on any atom is -0.373 e. The molecule has 2 aromatic rings. The van der Waals surface area contributed by atoms with E-state index >= 15 is 0 Å². The zero-order valence-corrected chi connectivity index (χ0v) is 14.1. The van der Waals surface area contributed by atoms with Crippen molar-refractivity contribution in [3.8, 4) is 0 Å². The summed E-state index contributed by atoms with van der Waals surface area (Å²) in [6.07, 6.45) is 0. The van der Waals surface area contributed by atoms with Gasteiger partial charge in [0.1, 0.15) is 0 Å². The standard InChI is InChI=1S/C18H22N4O2/c1-4-22(3)17-8-6-5-7-16(17)21-18(24)20-15-11-9-14(10-12-15)19-13(2)23/h5-12H,4H2,1-3H3,(H,19,23)(H2,20,21,24). The summed E-state index contributed by atoms with van der Waals surface area (Å²) in [4.78, 5) is 25.2. The van der Waals surface area contributed by atoms with Crippen molar-refractivity contribution in [3.05, 3.63) is 48.5 Å². The van der Waals surface area contributed by atoms with E-state index in [2.05, 4.69) is 20.9 Å². The summed E-state index contributed by atoms with van der Waals surface area (Å²) in [6.45, 7) is 4.34. The first-order valence-corrected chi connectivity index (χ1v) is 7.75. The van der Waals surface area contributed by atoms with E-state index in [9.17, 15) is 9.59 Å². The fourth-order valence-electron chi connectivity index (χ4n) is 2.21. The summed E-state index contributed by atoms with van der Waals surface area (Å²) in [7, 11) is 1.97. The van der Waals surface area contributed by atoms with Gasteiger partial charge in [-0.3, -0.25) is 4.79 Å². The largest absolute Gasteiger partial charge is 0.373 e. The van der Waals surface area contributed by atoms with Gasteiger partial charge >= 0.3 is 6.03 Å². The highest BCUT2D eigenvalue weighted by Crippen LogP contribution is 2.24. The van der Waals surface area contributed by atoms with Gasteiger partial charge in [0.05, 0.1) is 11.4 Å². The van der Waals surface area contributed by atoms with Crippen LogP contribution in [0.5, 0.6) is 0 Å². The Morgan fingerprint density at radius 2 is 1.50 bits per heavy atom. The van der Waals surface area contributed by atoms with E-state index in [0.717, 1.165) is 17.9 Å². The molecule has 0 aliphatic heterocycles. The van der Waals surface area contributed by atoms with Crippen LogP contribution in [0, 0.1) is 0 Å². The van der Waals surface area contributed by atoms with E-state index in [1.807, 2.05) is 38.2 Å². The summed E-state index contributed by atoms with van der Waals surface area (Å²) in [5, 5.41) is 8.31. The molecule has 0 heterocycles. The zero-order valence-electron chi connectivity index (χ0n) is 14.1. The molecule has 0 fully saturated rings. The molecule has 0 aliphatic rings. The maximum atomic E-state index is 12.2. The van der Waals surface area contributed by atoms with Crippen molar-refractivity contribution in [2.24, 2.45) is 0 Å². The first-order valence-electron chi connectivity index (χ1n) is 7.75. The average Bonchev–Trinajstić information content (AvgIpc) is 2.56. The topological polar surface area (TPSA) is 73.5 Å². The van der Waals surface area contributed by atoms with Gasteiger partial charge in [0.25, 0.3) is 0 Å². The van der Waals surface area contributed by atoms with Crippen LogP contribution < -0.4 is 20.9 Å². The average molecular weight is 326 g/mol. The second-order valence-corrected chi connectivity index (χ2v) is 5.37. The van der Waals surface area contributed by atoms with Crippen molar-refractivity contribution < 1.29 is 9.59 Å². The van der Waals surface area contributed by atoms with Crippen LogP contribution in [0.25, 0.3) is 0 Å². The highest BCUT2D eigenvalue weighted by atomic mass is 16.2. The molecule has 6 heteroatoms. The molecule has 0 atom stereocenters. The number of anilines is 4. The van der Waals surface area contributed by atoms with Gasteiger partial charge in [-0.2, -0.15) is 0 Å². The van der Waals surface area contributed by atoms with Crippen molar-refractivity contribution in [3.63, 3.8) is 0 Å². The Hall–Kier alpha value is -3.02. The van der Waals surface area contributed by atoms with Crippen LogP contribution in [0.4, 0.5) is 27.5 Å². The highest BCUT2D eigenvalue weighted by molar-refractivity contribution is 6.02. The number of hydrogen-bond donors (Lipinski definition) is 3. The summed E-state index contributed by atoms with van der Waals surface area (Å²) in [6, 6.07) is 14.2. The Kier molecular flexibility index (Phi) is 5.78. The molecule has 6 nitrogen and oxygen atoms in total. The Morgan fingerprint density at radius 1 is 0.917 bits per heavy atom. The first kappa shape index (κ1) is 17.3. The van der Waals surface area contributed by atoms with E-state index in [4.69, 9.17) is 0 Å². The van der Waals surface area contributed by atoms with Gasteiger partial charge in [0, 0.05) is 31.9 Å². The van der Waals surface area contributed by atoms with Crippen LogP contribution in [-0.4, -0.2) is 25.5 Å². The number of para-hydroxylation sites is 2. The lowest BCUT2D eigenvalue weighted by Gasteiger charge is -2.21. The Labute approximate surface area is 141 Å². The van der Waals surface area contributed by atoms with Crippen molar-refractivity contribution in [1.29, 1.82) is 0 Å². The quantitative estimate of drug-likeness (QED) is 0.783. The number of carbonyl (C=O) groups excluding carboxylic acids is 2. The summed E-state index contributed by atoms with van der Waals surface area (Å²) in [5.41, 5.74) is 3.02. The molecule has 0 radical (unpaired) electrons. The molecular weight excluding hydrogens is 304 g/mol. The number of amides is 3. The lowest BCUT2D eigenvalue weighted by molar-refractivity contribution is -0.114. The second kappa shape index (κ2) is 8.01.